The van der Waals surface area contributed by atoms with Gasteiger partial charge < -0.3 is 10.2 Å². The van der Waals surface area contributed by atoms with Crippen molar-refractivity contribution in [1.82, 2.24) is 10.2 Å². The van der Waals surface area contributed by atoms with Crippen LogP contribution < -0.4 is 9.62 Å². The molecule has 1 saturated carbocycles. The lowest BCUT2D eigenvalue weighted by Gasteiger charge is -2.34. The molecule has 0 radical (unpaired) electrons. The molecular weight excluding hydrogens is 541 g/mol. The topological polar surface area (TPSA) is 86.8 Å². The van der Waals surface area contributed by atoms with E-state index in [2.05, 4.69) is 5.32 Å². The SMILES string of the molecule is CCC(C(=O)NC1CCCC1)N(Cc1ccc(F)cc1)C(=O)CN(c1cc(C)cc(C)c1)S(=O)(=O)c1ccccc1. The molecule has 0 bridgehead atoms. The predicted octanol–water partition coefficient (Wildman–Crippen LogP) is 5.50. The van der Waals surface area contributed by atoms with Crippen LogP contribution in [0.5, 0.6) is 0 Å². The number of sulfonamides is 1. The number of rotatable bonds is 11. The molecule has 7 nitrogen and oxygen atoms in total. The maximum absolute atomic E-state index is 14.2. The van der Waals surface area contributed by atoms with E-state index in [1.807, 2.05) is 26.8 Å². The van der Waals surface area contributed by atoms with Gasteiger partial charge in [0.05, 0.1) is 10.6 Å². The lowest BCUT2D eigenvalue weighted by Crippen LogP contribution is -2.53. The van der Waals surface area contributed by atoms with Crippen molar-refractivity contribution in [3.8, 4) is 0 Å². The van der Waals surface area contributed by atoms with Gasteiger partial charge in [-0.25, -0.2) is 12.8 Å². The number of hydrogen-bond donors (Lipinski definition) is 1. The average Bonchev–Trinajstić information content (AvgIpc) is 3.45. The summed E-state index contributed by atoms with van der Waals surface area (Å²) in [5.74, 6) is -1.20. The molecule has 1 fully saturated rings. The van der Waals surface area contributed by atoms with Crippen molar-refractivity contribution in [1.29, 1.82) is 0 Å². The van der Waals surface area contributed by atoms with Crippen LogP contribution in [-0.4, -0.2) is 43.8 Å². The second kappa shape index (κ2) is 13.3. The molecule has 2 amide bonds. The first kappa shape index (κ1) is 30.2. The van der Waals surface area contributed by atoms with E-state index >= 15 is 0 Å². The second-order valence-corrected chi connectivity index (χ2v) is 12.6. The first-order chi connectivity index (χ1) is 19.6. The van der Waals surface area contributed by atoms with Crippen LogP contribution in [-0.2, 0) is 26.2 Å². The zero-order valence-electron chi connectivity index (χ0n) is 23.8. The Labute approximate surface area is 242 Å². The van der Waals surface area contributed by atoms with Crippen molar-refractivity contribution in [2.75, 3.05) is 10.8 Å². The third-order valence-electron chi connectivity index (χ3n) is 7.46. The number of carbonyl (C=O) groups is 2. The van der Waals surface area contributed by atoms with Gasteiger partial charge in [-0.05, 0) is 86.2 Å². The van der Waals surface area contributed by atoms with Crippen molar-refractivity contribution in [2.24, 2.45) is 0 Å². The molecule has 0 saturated heterocycles. The lowest BCUT2D eigenvalue weighted by atomic mass is 10.1. The number of aryl methyl sites for hydroxylation is 2. The summed E-state index contributed by atoms with van der Waals surface area (Å²) in [5, 5.41) is 3.09. The fourth-order valence-corrected chi connectivity index (χ4v) is 6.84. The summed E-state index contributed by atoms with van der Waals surface area (Å²) in [4.78, 5) is 29.1. The van der Waals surface area contributed by atoms with Gasteiger partial charge in [0.25, 0.3) is 10.0 Å². The van der Waals surface area contributed by atoms with E-state index < -0.39 is 34.3 Å². The molecule has 0 aliphatic heterocycles. The first-order valence-corrected chi connectivity index (χ1v) is 15.5. The van der Waals surface area contributed by atoms with Crippen LogP contribution in [0.15, 0.2) is 77.7 Å². The highest BCUT2D eigenvalue weighted by Crippen LogP contribution is 2.27. The van der Waals surface area contributed by atoms with E-state index in [1.165, 1.54) is 29.2 Å². The largest absolute Gasteiger partial charge is 0.352 e. The van der Waals surface area contributed by atoms with Crippen molar-refractivity contribution in [3.05, 3.63) is 95.3 Å². The highest BCUT2D eigenvalue weighted by Gasteiger charge is 2.34. The smallest absolute Gasteiger partial charge is 0.264 e. The number of nitrogens with zero attached hydrogens (tertiary/aromatic N) is 2. The molecule has 1 unspecified atom stereocenters. The van der Waals surface area contributed by atoms with E-state index in [0.717, 1.165) is 41.1 Å². The monoisotopic (exact) mass is 579 g/mol. The van der Waals surface area contributed by atoms with Gasteiger partial charge in [0.2, 0.25) is 11.8 Å². The molecule has 1 aliphatic carbocycles. The van der Waals surface area contributed by atoms with E-state index in [4.69, 9.17) is 0 Å². The Balaban J connectivity index is 1.72. The number of amides is 2. The highest BCUT2D eigenvalue weighted by molar-refractivity contribution is 7.92. The summed E-state index contributed by atoms with van der Waals surface area (Å²) in [7, 11) is -4.13. The fourth-order valence-electron chi connectivity index (χ4n) is 5.42. The van der Waals surface area contributed by atoms with Gasteiger partial charge in [0.15, 0.2) is 0 Å². The maximum atomic E-state index is 14.2. The standard InChI is InChI=1S/C32H38FN3O4S/c1-4-30(32(38)34-27-10-8-9-11-27)35(21-25-14-16-26(33)17-15-25)31(37)22-36(28-19-23(2)18-24(3)20-28)41(39,40)29-12-6-5-7-13-29/h5-7,12-20,27,30H,4,8-11,21-22H2,1-3H3,(H,34,38). The second-order valence-electron chi connectivity index (χ2n) is 10.7. The number of benzene rings is 3. The first-order valence-electron chi connectivity index (χ1n) is 14.1. The van der Waals surface area contributed by atoms with Crippen LogP contribution in [0, 0.1) is 19.7 Å². The van der Waals surface area contributed by atoms with Gasteiger partial charge in [-0.1, -0.05) is 56.2 Å². The van der Waals surface area contributed by atoms with Gasteiger partial charge in [0.1, 0.15) is 18.4 Å². The van der Waals surface area contributed by atoms with E-state index in [0.29, 0.717) is 17.7 Å². The van der Waals surface area contributed by atoms with Gasteiger partial charge >= 0.3 is 0 Å². The van der Waals surface area contributed by atoms with Crippen LogP contribution in [0.2, 0.25) is 0 Å². The Morgan fingerprint density at radius 2 is 1.56 bits per heavy atom. The van der Waals surface area contributed by atoms with Crippen LogP contribution >= 0.6 is 0 Å². The molecule has 9 heteroatoms. The van der Waals surface area contributed by atoms with Crippen LogP contribution in [0.3, 0.4) is 0 Å². The molecule has 0 heterocycles. The number of halogens is 1. The molecule has 1 atom stereocenters. The summed E-state index contributed by atoms with van der Waals surface area (Å²) >= 11 is 0. The van der Waals surface area contributed by atoms with Gasteiger partial charge in [-0.15, -0.1) is 0 Å². The van der Waals surface area contributed by atoms with Crippen molar-refractivity contribution in [3.63, 3.8) is 0 Å². The molecule has 0 spiro atoms. The molecule has 3 aromatic rings. The van der Waals surface area contributed by atoms with Crippen LogP contribution in [0.1, 0.15) is 55.7 Å². The molecule has 4 rings (SSSR count). The zero-order chi connectivity index (χ0) is 29.6. The van der Waals surface area contributed by atoms with Gasteiger partial charge in [-0.3, -0.25) is 13.9 Å². The summed E-state index contributed by atoms with van der Waals surface area (Å²) in [6.07, 6.45) is 4.21. The summed E-state index contributed by atoms with van der Waals surface area (Å²) < 4.78 is 42.7. The summed E-state index contributed by atoms with van der Waals surface area (Å²) in [5.41, 5.74) is 2.71. The molecule has 218 valence electrons. The predicted molar refractivity (Wildman–Crippen MR) is 158 cm³/mol. The molecule has 1 N–H and O–H groups in total. The van der Waals surface area contributed by atoms with Gasteiger partial charge in [-0.2, -0.15) is 0 Å². The van der Waals surface area contributed by atoms with Crippen molar-refractivity contribution < 1.29 is 22.4 Å². The number of hydrogen-bond acceptors (Lipinski definition) is 4. The third-order valence-corrected chi connectivity index (χ3v) is 9.25. The van der Waals surface area contributed by atoms with E-state index in [9.17, 15) is 22.4 Å². The number of anilines is 1. The molecule has 0 aromatic heterocycles. The Morgan fingerprint density at radius 3 is 2.15 bits per heavy atom. The fraction of sp³-hybridized carbons (Fsp3) is 0.375. The summed E-state index contributed by atoms with van der Waals surface area (Å²) in [6.45, 7) is 5.09. The number of carbonyl (C=O) groups excluding carboxylic acids is 2. The minimum Gasteiger partial charge on any atom is -0.352 e. The Bertz CT molecular complexity index is 1440. The van der Waals surface area contributed by atoms with E-state index in [-0.39, 0.29) is 23.4 Å². The Hall–Kier alpha value is -3.72. The van der Waals surface area contributed by atoms with Crippen molar-refractivity contribution >= 4 is 27.5 Å². The van der Waals surface area contributed by atoms with Crippen LogP contribution in [0.4, 0.5) is 10.1 Å². The Kier molecular flexibility index (Phi) is 9.81. The third kappa shape index (κ3) is 7.52. The minimum atomic E-state index is -4.13. The maximum Gasteiger partial charge on any atom is 0.264 e. The minimum absolute atomic E-state index is 0.0295. The average molecular weight is 580 g/mol. The highest BCUT2D eigenvalue weighted by atomic mass is 32.2. The van der Waals surface area contributed by atoms with E-state index in [1.54, 1.807) is 42.5 Å². The molecule has 41 heavy (non-hydrogen) atoms. The normalized spacial score (nSPS) is 14.4. The summed E-state index contributed by atoms with van der Waals surface area (Å²) in [6, 6.07) is 18.4. The number of nitrogens with one attached hydrogen (secondary N) is 1. The Morgan fingerprint density at radius 1 is 0.951 bits per heavy atom. The lowest BCUT2D eigenvalue weighted by molar-refractivity contribution is -0.140. The quantitative estimate of drug-likeness (QED) is 0.325. The molecule has 1 aliphatic rings. The zero-order valence-corrected chi connectivity index (χ0v) is 24.7. The van der Waals surface area contributed by atoms with Crippen LogP contribution in [0.25, 0.3) is 0 Å². The molecular formula is C32H38FN3O4S. The molecule has 3 aromatic carbocycles. The van der Waals surface area contributed by atoms with Crippen molar-refractivity contribution in [2.45, 2.75) is 76.4 Å². The van der Waals surface area contributed by atoms with Gasteiger partial charge in [0, 0.05) is 12.6 Å².